The van der Waals surface area contributed by atoms with Crippen molar-refractivity contribution in [3.63, 3.8) is 0 Å². The van der Waals surface area contributed by atoms with Crippen LogP contribution in [0.25, 0.3) is 6.08 Å². The van der Waals surface area contributed by atoms with Gasteiger partial charge in [0, 0.05) is 12.7 Å². The minimum Gasteiger partial charge on any atom is -0.297 e. The molecule has 2 rings (SSSR count). The molecule has 5 nitrogen and oxygen atoms in total. The van der Waals surface area contributed by atoms with Crippen molar-refractivity contribution in [1.29, 1.82) is 0 Å². The van der Waals surface area contributed by atoms with E-state index in [4.69, 9.17) is 0 Å². The Hall–Kier alpha value is -2.60. The summed E-state index contributed by atoms with van der Waals surface area (Å²) >= 11 is 0. The molecule has 144 valence electrons. The highest BCUT2D eigenvalue weighted by molar-refractivity contribution is 7.93. The van der Waals surface area contributed by atoms with Crippen molar-refractivity contribution in [3.8, 4) is 0 Å². The average Bonchev–Trinajstić information content (AvgIpc) is 2.59. The van der Waals surface area contributed by atoms with Crippen LogP contribution >= 0.6 is 0 Å². The summed E-state index contributed by atoms with van der Waals surface area (Å²) < 4.78 is 26.4. The number of amides is 2. The van der Waals surface area contributed by atoms with E-state index in [1.807, 2.05) is 43.3 Å². The van der Waals surface area contributed by atoms with Crippen LogP contribution in [0.3, 0.4) is 0 Å². The molecule has 0 aromatic heterocycles. The first-order valence-electron chi connectivity index (χ1n) is 8.64. The molecule has 0 radical (unpaired) electrons. The zero-order chi connectivity index (χ0) is 20.2. The number of nitrogens with one attached hydrogen (secondary N) is 1. The van der Waals surface area contributed by atoms with Crippen molar-refractivity contribution in [3.05, 3.63) is 70.6 Å². The first kappa shape index (κ1) is 20.7. The molecule has 0 atom stereocenters. The van der Waals surface area contributed by atoms with Gasteiger partial charge in [0.05, 0.1) is 5.41 Å². The fourth-order valence-electron chi connectivity index (χ4n) is 2.37. The number of hydrogen-bond acceptors (Lipinski definition) is 3. The van der Waals surface area contributed by atoms with E-state index in [1.54, 1.807) is 12.1 Å². The predicted octanol–water partition coefficient (Wildman–Crippen LogP) is 4.44. The van der Waals surface area contributed by atoms with E-state index in [1.165, 1.54) is 18.0 Å². The van der Waals surface area contributed by atoms with Crippen molar-refractivity contribution < 1.29 is 13.2 Å². The highest BCUT2D eigenvalue weighted by atomic mass is 32.2. The third-order valence-corrected chi connectivity index (χ3v) is 5.13. The van der Waals surface area contributed by atoms with Crippen LogP contribution in [-0.4, -0.2) is 21.5 Å². The van der Waals surface area contributed by atoms with Gasteiger partial charge in [-0.25, -0.2) is 17.9 Å². The molecule has 0 aliphatic heterocycles. The number of aryl methyl sites for hydroxylation is 1. The van der Waals surface area contributed by atoms with E-state index >= 15 is 0 Å². The molecule has 0 unspecified atom stereocenters. The zero-order valence-electron chi connectivity index (χ0n) is 16.4. The summed E-state index contributed by atoms with van der Waals surface area (Å²) in [7, 11) is -2.37. The van der Waals surface area contributed by atoms with Gasteiger partial charge in [-0.3, -0.25) is 4.90 Å². The minimum atomic E-state index is -3.90. The van der Waals surface area contributed by atoms with Crippen LogP contribution in [0, 0.1) is 6.92 Å². The molecular weight excluding hydrogens is 360 g/mol. The van der Waals surface area contributed by atoms with Crippen LogP contribution in [-0.2, 0) is 15.4 Å². The molecule has 2 aromatic rings. The lowest BCUT2D eigenvalue weighted by molar-refractivity contribution is 0.252. The molecule has 0 bridgehead atoms. The van der Waals surface area contributed by atoms with E-state index in [9.17, 15) is 13.2 Å². The quantitative estimate of drug-likeness (QED) is 0.845. The van der Waals surface area contributed by atoms with Crippen molar-refractivity contribution in [2.24, 2.45) is 0 Å². The van der Waals surface area contributed by atoms with Crippen LogP contribution in [0.5, 0.6) is 0 Å². The molecule has 0 aliphatic rings. The Balaban J connectivity index is 2.07. The van der Waals surface area contributed by atoms with Crippen LogP contribution in [0.1, 0.15) is 37.5 Å². The van der Waals surface area contributed by atoms with Crippen LogP contribution in [0.2, 0.25) is 0 Å². The highest BCUT2D eigenvalue weighted by Gasteiger charge is 2.18. The first-order valence-corrected chi connectivity index (χ1v) is 10.2. The summed E-state index contributed by atoms with van der Waals surface area (Å²) in [6.07, 6.45) is 1.45. The van der Waals surface area contributed by atoms with E-state index < -0.39 is 16.1 Å². The van der Waals surface area contributed by atoms with Crippen molar-refractivity contribution in [2.45, 2.75) is 33.1 Å². The second kappa shape index (κ2) is 7.96. The smallest absolute Gasteiger partial charge is 0.297 e. The van der Waals surface area contributed by atoms with E-state index in [-0.39, 0.29) is 5.41 Å². The lowest BCUT2D eigenvalue weighted by Crippen LogP contribution is -2.39. The lowest BCUT2D eigenvalue weighted by atomic mass is 9.87. The number of carbonyl (C=O) groups is 1. The van der Waals surface area contributed by atoms with Crippen molar-refractivity contribution >= 4 is 27.8 Å². The number of anilines is 1. The summed E-state index contributed by atoms with van der Waals surface area (Å²) in [5, 5.41) is 0.992. The summed E-state index contributed by atoms with van der Waals surface area (Å²) in [5.41, 5.74) is 3.57. The number of carbonyl (C=O) groups excluding carboxylic acids is 1. The molecule has 2 aromatic carbocycles. The van der Waals surface area contributed by atoms with Gasteiger partial charge in [-0.15, -0.1) is 0 Å². The minimum absolute atomic E-state index is 0.00345. The van der Waals surface area contributed by atoms with Crippen LogP contribution in [0.15, 0.2) is 53.9 Å². The standard InChI is InChI=1S/C21H26N2O3S/c1-16-6-8-17(9-7-16)14-15-27(25,26)22-20(24)23(5)19-12-10-18(11-13-19)21(2,3)4/h6-15H,1-5H3,(H,22,24). The van der Waals surface area contributed by atoms with Gasteiger partial charge in [0.15, 0.2) is 0 Å². The normalized spacial score (nSPS) is 12.2. The summed E-state index contributed by atoms with van der Waals surface area (Å²) in [6.45, 7) is 8.26. The Bertz CT molecular complexity index is 923. The van der Waals surface area contributed by atoms with Crippen molar-refractivity contribution in [2.75, 3.05) is 11.9 Å². The number of urea groups is 1. The molecular formula is C21H26N2O3S. The van der Waals surface area contributed by atoms with Gasteiger partial charge in [-0.2, -0.15) is 0 Å². The highest BCUT2D eigenvalue weighted by Crippen LogP contribution is 2.24. The Morgan fingerprint density at radius 3 is 2.07 bits per heavy atom. The Morgan fingerprint density at radius 1 is 1.00 bits per heavy atom. The van der Waals surface area contributed by atoms with Crippen LogP contribution in [0.4, 0.5) is 10.5 Å². The average molecular weight is 387 g/mol. The monoisotopic (exact) mass is 386 g/mol. The maximum Gasteiger partial charge on any atom is 0.335 e. The maximum absolute atomic E-state index is 12.3. The summed E-state index contributed by atoms with van der Waals surface area (Å²) in [4.78, 5) is 13.6. The van der Waals surface area contributed by atoms with Crippen molar-refractivity contribution in [1.82, 2.24) is 4.72 Å². The fourth-order valence-corrected chi connectivity index (χ4v) is 3.16. The Kier molecular flexibility index (Phi) is 6.11. The molecule has 0 saturated carbocycles. The first-order chi connectivity index (χ1) is 12.5. The molecule has 0 heterocycles. The number of nitrogens with zero attached hydrogens (tertiary/aromatic N) is 1. The van der Waals surface area contributed by atoms with Gasteiger partial charge in [-0.1, -0.05) is 62.7 Å². The topological polar surface area (TPSA) is 66.5 Å². The van der Waals surface area contributed by atoms with Gasteiger partial charge < -0.3 is 0 Å². The number of sulfonamides is 1. The summed E-state index contributed by atoms with van der Waals surface area (Å²) in [6, 6.07) is 14.2. The zero-order valence-corrected chi connectivity index (χ0v) is 17.2. The van der Waals surface area contributed by atoms with Gasteiger partial charge in [0.25, 0.3) is 10.0 Å². The predicted molar refractivity (Wildman–Crippen MR) is 111 cm³/mol. The molecule has 0 aliphatic carbocycles. The number of hydrogen-bond donors (Lipinski definition) is 1. The van der Waals surface area contributed by atoms with Gasteiger partial charge >= 0.3 is 6.03 Å². The molecule has 0 spiro atoms. The SMILES string of the molecule is Cc1ccc(C=CS(=O)(=O)NC(=O)N(C)c2ccc(C(C)(C)C)cc2)cc1. The molecule has 27 heavy (non-hydrogen) atoms. The second-order valence-corrected chi connectivity index (χ2v) is 9.09. The lowest BCUT2D eigenvalue weighted by Gasteiger charge is -2.21. The van der Waals surface area contributed by atoms with E-state index in [0.717, 1.165) is 22.1 Å². The molecule has 6 heteroatoms. The maximum atomic E-state index is 12.3. The fraction of sp³-hybridized carbons (Fsp3) is 0.286. The second-order valence-electron chi connectivity index (χ2n) is 7.52. The van der Waals surface area contributed by atoms with E-state index in [0.29, 0.717) is 5.69 Å². The number of rotatable bonds is 4. The van der Waals surface area contributed by atoms with Crippen LogP contribution < -0.4 is 9.62 Å². The molecule has 0 fully saturated rings. The number of benzene rings is 2. The van der Waals surface area contributed by atoms with E-state index in [2.05, 4.69) is 25.5 Å². The molecule has 2 amide bonds. The molecule has 0 saturated heterocycles. The largest absolute Gasteiger partial charge is 0.335 e. The molecule has 1 N–H and O–H groups in total. The third kappa shape index (κ3) is 5.96. The van der Waals surface area contributed by atoms with Gasteiger partial charge in [0.1, 0.15) is 0 Å². The summed E-state index contributed by atoms with van der Waals surface area (Å²) in [5.74, 6) is 0. The van der Waals surface area contributed by atoms with Gasteiger partial charge in [0.2, 0.25) is 0 Å². The Labute approximate surface area is 161 Å². The third-order valence-electron chi connectivity index (χ3n) is 4.17. The Morgan fingerprint density at radius 2 is 1.56 bits per heavy atom. The van der Waals surface area contributed by atoms with Gasteiger partial charge in [-0.05, 0) is 41.7 Å².